The van der Waals surface area contributed by atoms with Crippen molar-refractivity contribution in [3.8, 4) is 0 Å². The highest BCUT2D eigenvalue weighted by molar-refractivity contribution is 7.91. The van der Waals surface area contributed by atoms with E-state index in [-0.39, 0.29) is 0 Å². The van der Waals surface area contributed by atoms with Crippen molar-refractivity contribution in [1.82, 2.24) is 0 Å². The molecule has 0 saturated carbocycles. The van der Waals surface area contributed by atoms with Gasteiger partial charge in [0.1, 0.15) is 11.5 Å². The maximum absolute atomic E-state index is 11.4. The first-order chi connectivity index (χ1) is 6.81. The Labute approximate surface area is 92.8 Å². The Kier molecular flexibility index (Phi) is 11.6. The van der Waals surface area contributed by atoms with Crippen LogP contribution in [0.15, 0.2) is 0 Å². The highest BCUT2D eigenvalue weighted by atomic mass is 32.2. The molecule has 0 aliphatic heterocycles. The van der Waals surface area contributed by atoms with Crippen LogP contribution < -0.4 is 0 Å². The van der Waals surface area contributed by atoms with Gasteiger partial charge in [-0.2, -0.15) is 0 Å². The highest BCUT2D eigenvalue weighted by Crippen LogP contribution is 2.07. The molecule has 0 spiro atoms. The Morgan fingerprint density at radius 2 is 1.21 bits per heavy atom. The Morgan fingerprint density at radius 1 is 0.714 bits per heavy atom. The van der Waals surface area contributed by atoms with Gasteiger partial charge in [0, 0.05) is 0 Å². The topological polar surface area (TPSA) is 23.1 Å². The van der Waals surface area contributed by atoms with Crippen LogP contribution in [0.1, 0.15) is 65.2 Å². The lowest BCUT2D eigenvalue weighted by Crippen LogP contribution is -2.10. The van der Waals surface area contributed by atoms with Gasteiger partial charge in [0.25, 0.3) is 0 Å². The third-order valence-electron chi connectivity index (χ3n) is 2.45. The lowest BCUT2D eigenvalue weighted by Gasteiger charge is -2.09. The maximum atomic E-state index is 11.4. The third kappa shape index (κ3) is 10.4. The fraction of sp³-hybridized carbons (Fsp3) is 1.00. The van der Waals surface area contributed by atoms with Gasteiger partial charge >= 0.3 is 0 Å². The summed E-state index contributed by atoms with van der Waals surface area (Å²) in [4.78, 5) is 0. The quantitative estimate of drug-likeness (QED) is 0.403. The molecule has 0 rings (SSSR count). The molecule has 0 aromatic carbocycles. The van der Waals surface area contributed by atoms with Crippen molar-refractivity contribution in [3.05, 3.63) is 0 Å². The van der Waals surface area contributed by atoms with Crippen molar-refractivity contribution < 1.29 is 4.55 Å². The van der Waals surface area contributed by atoms with Crippen molar-refractivity contribution in [3.63, 3.8) is 0 Å². The molecule has 0 aromatic heterocycles. The number of unbranched alkanes of at least 4 members (excludes halogenated alkanes) is 6. The number of hydrogen-bond donors (Lipinski definition) is 0. The van der Waals surface area contributed by atoms with Gasteiger partial charge in [-0.25, -0.2) is 0 Å². The molecule has 0 radical (unpaired) electrons. The zero-order valence-corrected chi connectivity index (χ0v) is 10.7. The first-order valence-electron chi connectivity index (χ1n) is 6.16. The Morgan fingerprint density at radius 3 is 1.86 bits per heavy atom. The molecule has 0 fully saturated rings. The molecule has 0 heterocycles. The molecule has 1 atom stereocenters. The fourth-order valence-corrected chi connectivity index (χ4v) is 2.79. The van der Waals surface area contributed by atoms with Crippen molar-refractivity contribution in [2.24, 2.45) is 0 Å². The molecule has 14 heavy (non-hydrogen) atoms. The summed E-state index contributed by atoms with van der Waals surface area (Å²) < 4.78 is 11.4. The van der Waals surface area contributed by atoms with E-state index in [4.69, 9.17) is 0 Å². The van der Waals surface area contributed by atoms with Crippen LogP contribution >= 0.6 is 0 Å². The molecule has 0 aliphatic carbocycles. The Balaban J connectivity index is 3.02. The van der Waals surface area contributed by atoms with E-state index >= 15 is 0 Å². The second kappa shape index (κ2) is 11.4. The molecule has 0 amide bonds. The van der Waals surface area contributed by atoms with Crippen LogP contribution in [0, 0.1) is 0 Å². The van der Waals surface area contributed by atoms with Gasteiger partial charge in [0.05, 0.1) is 0 Å². The van der Waals surface area contributed by atoms with Crippen molar-refractivity contribution in [2.45, 2.75) is 65.2 Å². The van der Waals surface area contributed by atoms with Crippen LogP contribution in [-0.2, 0) is 11.2 Å². The van der Waals surface area contributed by atoms with E-state index in [1.807, 2.05) is 0 Å². The standard InChI is InChI=1S/C12H26OS/c1-3-5-7-8-9-10-12-14(13)11-6-4-2/h3-12H2,1-2H3. The van der Waals surface area contributed by atoms with E-state index in [0.717, 1.165) is 17.9 Å². The summed E-state index contributed by atoms with van der Waals surface area (Å²) in [7, 11) is 0. The van der Waals surface area contributed by atoms with E-state index in [2.05, 4.69) is 13.8 Å². The minimum atomic E-state index is -0.527. The van der Waals surface area contributed by atoms with Crippen LogP contribution in [0.2, 0.25) is 0 Å². The summed E-state index contributed by atoms with van der Waals surface area (Å²) in [6.07, 6.45) is 10.1. The molecule has 86 valence electrons. The van der Waals surface area contributed by atoms with Gasteiger partial charge in [-0.3, -0.25) is 0 Å². The lowest BCUT2D eigenvalue weighted by atomic mass is 10.1. The van der Waals surface area contributed by atoms with E-state index in [9.17, 15) is 4.55 Å². The first-order valence-corrected chi connectivity index (χ1v) is 7.65. The van der Waals surface area contributed by atoms with Gasteiger partial charge in [-0.05, 0) is 19.3 Å². The molecule has 1 unspecified atom stereocenters. The summed E-state index contributed by atoms with van der Waals surface area (Å²) in [5.41, 5.74) is 0. The molecule has 0 aliphatic rings. The molecule has 0 bridgehead atoms. The molecule has 0 saturated heterocycles. The smallest absolute Gasteiger partial charge is 0.105 e. The largest absolute Gasteiger partial charge is 0.616 e. The second-order valence-electron chi connectivity index (χ2n) is 3.97. The van der Waals surface area contributed by atoms with Crippen LogP contribution in [0.3, 0.4) is 0 Å². The maximum Gasteiger partial charge on any atom is 0.105 e. The molecule has 0 aromatic rings. The Hall–Kier alpha value is 0.310. The zero-order valence-electron chi connectivity index (χ0n) is 9.89. The van der Waals surface area contributed by atoms with Crippen LogP contribution in [0.4, 0.5) is 0 Å². The fourth-order valence-electron chi connectivity index (χ4n) is 1.45. The van der Waals surface area contributed by atoms with Crippen LogP contribution in [-0.4, -0.2) is 16.1 Å². The predicted molar refractivity (Wildman–Crippen MR) is 66.2 cm³/mol. The molecule has 2 heteroatoms. The third-order valence-corrected chi connectivity index (χ3v) is 3.94. The molecular formula is C12H26OS. The van der Waals surface area contributed by atoms with Crippen molar-refractivity contribution in [2.75, 3.05) is 11.5 Å². The summed E-state index contributed by atoms with van der Waals surface area (Å²) in [5.74, 6) is 1.86. The van der Waals surface area contributed by atoms with Crippen molar-refractivity contribution >= 4 is 11.2 Å². The highest BCUT2D eigenvalue weighted by Gasteiger charge is 2.03. The minimum Gasteiger partial charge on any atom is -0.616 e. The second-order valence-corrected chi connectivity index (χ2v) is 5.67. The number of rotatable bonds is 10. The Bertz CT molecular complexity index is 106. The van der Waals surface area contributed by atoms with Gasteiger partial charge < -0.3 is 4.55 Å². The predicted octanol–water partition coefficient (Wildman–Crippen LogP) is 3.90. The summed E-state index contributed by atoms with van der Waals surface area (Å²) in [5, 5.41) is 0. The normalized spacial score (nSPS) is 13.1. The van der Waals surface area contributed by atoms with E-state index in [1.165, 1.54) is 44.9 Å². The molecule has 0 N–H and O–H groups in total. The van der Waals surface area contributed by atoms with E-state index in [1.54, 1.807) is 0 Å². The summed E-state index contributed by atoms with van der Waals surface area (Å²) >= 11 is -0.527. The van der Waals surface area contributed by atoms with E-state index in [0.29, 0.717) is 0 Å². The zero-order chi connectivity index (χ0) is 10.6. The summed E-state index contributed by atoms with van der Waals surface area (Å²) in [6, 6.07) is 0. The first kappa shape index (κ1) is 14.3. The molecule has 1 nitrogen and oxygen atoms in total. The lowest BCUT2D eigenvalue weighted by molar-refractivity contribution is 0.580. The van der Waals surface area contributed by atoms with Gasteiger partial charge in [-0.1, -0.05) is 57.1 Å². The van der Waals surface area contributed by atoms with E-state index < -0.39 is 11.2 Å². The average molecular weight is 218 g/mol. The average Bonchev–Trinajstić information content (AvgIpc) is 2.20. The van der Waals surface area contributed by atoms with Gasteiger partial charge in [-0.15, -0.1) is 0 Å². The minimum absolute atomic E-state index is 0.527. The monoisotopic (exact) mass is 218 g/mol. The van der Waals surface area contributed by atoms with Gasteiger partial charge in [0.15, 0.2) is 0 Å². The van der Waals surface area contributed by atoms with Gasteiger partial charge in [0.2, 0.25) is 0 Å². The number of hydrogen-bond acceptors (Lipinski definition) is 1. The van der Waals surface area contributed by atoms with Crippen molar-refractivity contribution in [1.29, 1.82) is 0 Å². The van der Waals surface area contributed by atoms with Crippen LogP contribution in [0.5, 0.6) is 0 Å². The SMILES string of the molecule is CCCCCCCC[S+]([O-])CCCC. The molecular weight excluding hydrogens is 192 g/mol. The summed E-state index contributed by atoms with van der Waals surface area (Å²) in [6.45, 7) is 4.39. The van der Waals surface area contributed by atoms with Crippen LogP contribution in [0.25, 0.3) is 0 Å².